The number of carbonyl (C=O) groups is 1. The molecule has 0 aromatic heterocycles. The van der Waals surface area contributed by atoms with Crippen molar-refractivity contribution in [3.63, 3.8) is 0 Å². The lowest BCUT2D eigenvalue weighted by Gasteiger charge is -2.34. The second-order valence-corrected chi connectivity index (χ2v) is 5.44. The summed E-state index contributed by atoms with van der Waals surface area (Å²) in [5.41, 5.74) is 1.82. The summed E-state index contributed by atoms with van der Waals surface area (Å²) in [5.74, 6) is 0.916. The van der Waals surface area contributed by atoms with Crippen LogP contribution in [0.1, 0.15) is 31.4 Å². The zero-order chi connectivity index (χ0) is 15.4. The summed E-state index contributed by atoms with van der Waals surface area (Å²) >= 11 is 0. The fraction of sp³-hybridized carbons (Fsp3) is 0.562. The molecule has 0 saturated carbocycles. The first kappa shape index (κ1) is 15.6. The molecule has 1 aromatic rings. The highest BCUT2D eigenvalue weighted by Crippen LogP contribution is 2.36. The van der Waals surface area contributed by atoms with Gasteiger partial charge in [-0.15, -0.1) is 0 Å². The number of hydrogen-bond donors (Lipinski definition) is 2. The van der Waals surface area contributed by atoms with E-state index < -0.39 is 6.10 Å². The molecule has 2 rings (SSSR count). The first-order chi connectivity index (χ1) is 10.1. The van der Waals surface area contributed by atoms with Crippen molar-refractivity contribution in [1.29, 1.82) is 0 Å². The van der Waals surface area contributed by atoms with Crippen LogP contribution in [0.4, 0.5) is 5.69 Å². The van der Waals surface area contributed by atoms with Crippen LogP contribution in [0, 0.1) is 5.92 Å². The molecule has 0 aliphatic carbocycles. The Balaban J connectivity index is 2.19. The molecule has 1 amide bonds. The Morgan fingerprint density at radius 2 is 2.10 bits per heavy atom. The van der Waals surface area contributed by atoms with Crippen molar-refractivity contribution in [2.45, 2.75) is 25.9 Å². The smallest absolute Gasteiger partial charge is 0.222 e. The molecule has 1 atom stereocenters. The number of aliphatic hydroxyl groups excluding tert-OH is 1. The molecule has 1 saturated heterocycles. The lowest BCUT2D eigenvalue weighted by Crippen LogP contribution is -2.40. The fourth-order valence-electron chi connectivity index (χ4n) is 2.99. The molecule has 1 aliphatic heterocycles. The minimum atomic E-state index is -0.590. The third kappa shape index (κ3) is 3.29. The predicted molar refractivity (Wildman–Crippen MR) is 82.6 cm³/mol. The van der Waals surface area contributed by atoms with E-state index in [9.17, 15) is 9.90 Å². The molecular formula is C16H24N2O3. The van der Waals surface area contributed by atoms with E-state index >= 15 is 0 Å². The molecule has 1 aliphatic rings. The highest BCUT2D eigenvalue weighted by Gasteiger charge is 2.26. The van der Waals surface area contributed by atoms with Gasteiger partial charge in [0.15, 0.2) is 0 Å². The Kier molecular flexibility index (Phi) is 5.07. The normalized spacial score (nSPS) is 17.4. The number of rotatable bonds is 4. The molecule has 0 spiro atoms. The van der Waals surface area contributed by atoms with Gasteiger partial charge in [0.05, 0.1) is 13.2 Å². The summed E-state index contributed by atoms with van der Waals surface area (Å²) in [6.07, 6.45) is 1.07. The van der Waals surface area contributed by atoms with E-state index in [1.54, 1.807) is 21.1 Å². The molecule has 21 heavy (non-hydrogen) atoms. The van der Waals surface area contributed by atoms with Gasteiger partial charge < -0.3 is 20.1 Å². The van der Waals surface area contributed by atoms with Gasteiger partial charge >= 0.3 is 0 Å². The van der Waals surface area contributed by atoms with Gasteiger partial charge in [-0.3, -0.25) is 4.79 Å². The number of nitrogens with zero attached hydrogens (tertiary/aromatic N) is 1. The first-order valence-electron chi connectivity index (χ1n) is 7.40. The van der Waals surface area contributed by atoms with Gasteiger partial charge in [0, 0.05) is 37.3 Å². The minimum absolute atomic E-state index is 0.0897. The maximum atomic E-state index is 11.7. The van der Waals surface area contributed by atoms with E-state index in [0.717, 1.165) is 37.2 Å². The van der Waals surface area contributed by atoms with Gasteiger partial charge in [0.2, 0.25) is 5.91 Å². The van der Waals surface area contributed by atoms with E-state index in [1.807, 2.05) is 18.2 Å². The van der Waals surface area contributed by atoms with Gasteiger partial charge in [0.1, 0.15) is 5.75 Å². The number of aliphatic hydroxyl groups is 1. The number of benzene rings is 1. The number of hydrogen-bond acceptors (Lipinski definition) is 4. The van der Waals surface area contributed by atoms with Crippen LogP contribution in [0.3, 0.4) is 0 Å². The Morgan fingerprint density at radius 1 is 1.43 bits per heavy atom. The van der Waals surface area contributed by atoms with Crippen molar-refractivity contribution in [2.24, 2.45) is 5.92 Å². The van der Waals surface area contributed by atoms with Crippen molar-refractivity contribution in [3.8, 4) is 5.75 Å². The molecule has 1 aromatic carbocycles. The van der Waals surface area contributed by atoms with Crippen molar-refractivity contribution in [2.75, 3.05) is 32.1 Å². The van der Waals surface area contributed by atoms with Crippen LogP contribution in [0.5, 0.6) is 5.75 Å². The third-order valence-corrected chi connectivity index (χ3v) is 4.13. The quantitative estimate of drug-likeness (QED) is 0.887. The van der Waals surface area contributed by atoms with Crippen molar-refractivity contribution < 1.29 is 14.6 Å². The molecule has 5 nitrogen and oxygen atoms in total. The van der Waals surface area contributed by atoms with Crippen LogP contribution in [-0.2, 0) is 4.79 Å². The SMILES string of the molecule is CNC(=O)C1CCN(c2cccc(OC)c2C(C)O)CC1. The summed E-state index contributed by atoms with van der Waals surface area (Å²) in [4.78, 5) is 13.9. The highest BCUT2D eigenvalue weighted by atomic mass is 16.5. The molecular weight excluding hydrogens is 268 g/mol. The Bertz CT molecular complexity index is 494. The molecule has 5 heteroatoms. The standard InChI is InChI=1S/C16H24N2O3/c1-11(19)15-13(5-4-6-14(15)21-3)18-9-7-12(8-10-18)16(20)17-2/h4-6,11-12,19H,7-10H2,1-3H3,(H,17,20). The zero-order valence-corrected chi connectivity index (χ0v) is 12.9. The Hall–Kier alpha value is -1.75. The summed E-state index contributed by atoms with van der Waals surface area (Å²) in [5, 5.41) is 12.8. The van der Waals surface area contributed by atoms with Crippen LogP contribution < -0.4 is 15.0 Å². The summed E-state index contributed by atoms with van der Waals surface area (Å²) < 4.78 is 5.36. The van der Waals surface area contributed by atoms with Crippen LogP contribution in [-0.4, -0.2) is 38.3 Å². The summed E-state index contributed by atoms with van der Waals surface area (Å²) in [6.45, 7) is 3.37. The Labute approximate surface area is 125 Å². The number of nitrogens with one attached hydrogen (secondary N) is 1. The Morgan fingerprint density at radius 3 is 2.62 bits per heavy atom. The first-order valence-corrected chi connectivity index (χ1v) is 7.40. The maximum absolute atomic E-state index is 11.7. The van der Waals surface area contributed by atoms with Gasteiger partial charge in [-0.1, -0.05) is 6.07 Å². The van der Waals surface area contributed by atoms with Crippen molar-refractivity contribution >= 4 is 11.6 Å². The zero-order valence-electron chi connectivity index (χ0n) is 12.9. The van der Waals surface area contributed by atoms with Gasteiger partial charge in [-0.2, -0.15) is 0 Å². The molecule has 1 unspecified atom stereocenters. The number of anilines is 1. The van der Waals surface area contributed by atoms with Crippen LogP contribution in [0.2, 0.25) is 0 Å². The van der Waals surface area contributed by atoms with Crippen molar-refractivity contribution in [3.05, 3.63) is 23.8 Å². The number of methoxy groups -OCH3 is 1. The van der Waals surface area contributed by atoms with Gasteiger partial charge in [-0.25, -0.2) is 0 Å². The molecule has 1 heterocycles. The number of piperidine rings is 1. The van der Waals surface area contributed by atoms with E-state index in [4.69, 9.17) is 4.74 Å². The van der Waals surface area contributed by atoms with Crippen molar-refractivity contribution in [1.82, 2.24) is 5.32 Å². The minimum Gasteiger partial charge on any atom is -0.496 e. The maximum Gasteiger partial charge on any atom is 0.222 e. The predicted octanol–water partition coefficient (Wildman–Crippen LogP) is 1.71. The molecule has 2 N–H and O–H groups in total. The second-order valence-electron chi connectivity index (χ2n) is 5.44. The van der Waals surface area contributed by atoms with Gasteiger partial charge in [0.25, 0.3) is 0 Å². The number of amides is 1. The largest absolute Gasteiger partial charge is 0.496 e. The monoisotopic (exact) mass is 292 g/mol. The van der Waals surface area contributed by atoms with E-state index in [1.165, 1.54) is 0 Å². The van der Waals surface area contributed by atoms with E-state index in [2.05, 4.69) is 10.2 Å². The van der Waals surface area contributed by atoms with E-state index in [-0.39, 0.29) is 11.8 Å². The number of carbonyl (C=O) groups excluding carboxylic acids is 1. The summed E-state index contributed by atoms with van der Waals surface area (Å²) in [6, 6.07) is 5.80. The van der Waals surface area contributed by atoms with Crippen LogP contribution in [0.15, 0.2) is 18.2 Å². The third-order valence-electron chi connectivity index (χ3n) is 4.13. The molecule has 0 bridgehead atoms. The molecule has 0 radical (unpaired) electrons. The van der Waals surface area contributed by atoms with Gasteiger partial charge in [-0.05, 0) is 31.9 Å². The molecule has 1 fully saturated rings. The second kappa shape index (κ2) is 6.80. The highest BCUT2D eigenvalue weighted by molar-refractivity contribution is 5.78. The fourth-order valence-corrected chi connectivity index (χ4v) is 2.99. The topological polar surface area (TPSA) is 61.8 Å². The van der Waals surface area contributed by atoms with E-state index in [0.29, 0.717) is 5.75 Å². The number of ether oxygens (including phenoxy) is 1. The van der Waals surface area contributed by atoms with Crippen LogP contribution >= 0.6 is 0 Å². The summed E-state index contributed by atoms with van der Waals surface area (Å²) in [7, 11) is 3.30. The molecule has 116 valence electrons. The lowest BCUT2D eigenvalue weighted by molar-refractivity contribution is -0.125. The average Bonchev–Trinajstić information content (AvgIpc) is 2.53. The average molecular weight is 292 g/mol. The lowest BCUT2D eigenvalue weighted by atomic mass is 9.94. The van der Waals surface area contributed by atoms with Crippen LogP contribution in [0.25, 0.3) is 0 Å².